The van der Waals surface area contributed by atoms with Crippen molar-refractivity contribution in [2.75, 3.05) is 12.8 Å². The number of hydrogen-bond donors (Lipinski definition) is 1. The van der Waals surface area contributed by atoms with Crippen LogP contribution in [-0.2, 0) is 17.0 Å². The molecule has 0 aliphatic heterocycles. The molecular formula is C14H14ClN3O2. The van der Waals surface area contributed by atoms with Crippen LogP contribution in [0.1, 0.15) is 27.3 Å². The van der Waals surface area contributed by atoms with E-state index in [1.165, 1.54) is 7.11 Å². The number of hydrogen-bond acceptors (Lipinski definition) is 5. The molecule has 1 aromatic heterocycles. The maximum Gasteiger partial charge on any atom is 0.360 e. The highest BCUT2D eigenvalue weighted by Crippen LogP contribution is 2.14. The Labute approximate surface area is 121 Å². The number of aromatic nitrogens is 2. The molecule has 0 fully saturated rings. The van der Waals surface area contributed by atoms with Crippen LogP contribution in [0.25, 0.3) is 0 Å². The Kier molecular flexibility index (Phi) is 4.53. The number of rotatable bonds is 4. The second kappa shape index (κ2) is 6.34. The molecule has 0 spiro atoms. The molecule has 2 N–H and O–H groups in total. The second-order valence-corrected chi connectivity index (χ2v) is 4.48. The van der Waals surface area contributed by atoms with Crippen LogP contribution >= 0.6 is 11.6 Å². The summed E-state index contributed by atoms with van der Waals surface area (Å²) >= 11 is 5.80. The summed E-state index contributed by atoms with van der Waals surface area (Å²) in [5.74, 6) is -0.0734. The fourth-order valence-corrected chi connectivity index (χ4v) is 1.97. The van der Waals surface area contributed by atoms with Gasteiger partial charge >= 0.3 is 5.97 Å². The number of esters is 1. The summed E-state index contributed by atoms with van der Waals surface area (Å²) in [6.45, 7) is 0. The first-order chi connectivity index (χ1) is 9.63. The SMILES string of the molecule is COC(=O)c1nc(Cc2cccc(CCl)c2)cnc1N. The van der Waals surface area contributed by atoms with E-state index in [4.69, 9.17) is 17.3 Å². The van der Waals surface area contributed by atoms with Crippen molar-refractivity contribution < 1.29 is 9.53 Å². The van der Waals surface area contributed by atoms with Crippen LogP contribution in [0.2, 0.25) is 0 Å². The van der Waals surface area contributed by atoms with Gasteiger partial charge in [-0.2, -0.15) is 0 Å². The molecule has 1 aromatic carbocycles. The van der Waals surface area contributed by atoms with Crippen molar-refractivity contribution in [1.82, 2.24) is 9.97 Å². The zero-order valence-corrected chi connectivity index (χ0v) is 11.7. The van der Waals surface area contributed by atoms with E-state index in [2.05, 4.69) is 14.7 Å². The highest BCUT2D eigenvalue weighted by molar-refractivity contribution is 6.17. The van der Waals surface area contributed by atoms with Gasteiger partial charge in [0.15, 0.2) is 11.5 Å². The van der Waals surface area contributed by atoms with Gasteiger partial charge in [-0.1, -0.05) is 24.3 Å². The minimum absolute atomic E-state index is 0.0403. The Bertz CT molecular complexity index is 632. The van der Waals surface area contributed by atoms with E-state index in [1.807, 2.05) is 24.3 Å². The summed E-state index contributed by atoms with van der Waals surface area (Å²) in [4.78, 5) is 19.7. The molecule has 0 bridgehead atoms. The van der Waals surface area contributed by atoms with E-state index in [9.17, 15) is 4.79 Å². The van der Waals surface area contributed by atoms with Crippen LogP contribution in [-0.4, -0.2) is 23.0 Å². The van der Waals surface area contributed by atoms with Crippen LogP contribution in [0, 0.1) is 0 Å². The molecule has 0 saturated heterocycles. The Morgan fingerprint density at radius 1 is 1.40 bits per heavy atom. The van der Waals surface area contributed by atoms with Crippen molar-refractivity contribution >= 4 is 23.4 Å². The molecule has 0 unspecified atom stereocenters. The second-order valence-electron chi connectivity index (χ2n) is 4.22. The third kappa shape index (κ3) is 3.24. The van der Waals surface area contributed by atoms with Gasteiger partial charge in [0.05, 0.1) is 19.0 Å². The fraction of sp³-hybridized carbons (Fsp3) is 0.214. The smallest absolute Gasteiger partial charge is 0.360 e. The molecule has 0 saturated carbocycles. The number of anilines is 1. The summed E-state index contributed by atoms with van der Waals surface area (Å²) in [5.41, 5.74) is 8.37. The molecule has 20 heavy (non-hydrogen) atoms. The number of benzene rings is 1. The molecular weight excluding hydrogens is 278 g/mol. The average molecular weight is 292 g/mol. The van der Waals surface area contributed by atoms with Crippen molar-refractivity contribution in [2.24, 2.45) is 0 Å². The molecule has 6 heteroatoms. The van der Waals surface area contributed by atoms with Gasteiger partial charge in [0.2, 0.25) is 0 Å². The number of halogens is 1. The number of ether oxygens (including phenoxy) is 1. The van der Waals surface area contributed by atoms with Crippen molar-refractivity contribution in [2.45, 2.75) is 12.3 Å². The fourth-order valence-electron chi connectivity index (χ4n) is 1.80. The van der Waals surface area contributed by atoms with E-state index in [-0.39, 0.29) is 11.5 Å². The monoisotopic (exact) mass is 291 g/mol. The zero-order valence-electron chi connectivity index (χ0n) is 11.0. The summed E-state index contributed by atoms with van der Waals surface area (Å²) < 4.78 is 4.62. The Hall–Kier alpha value is -2.14. The van der Waals surface area contributed by atoms with Gasteiger partial charge in [-0.15, -0.1) is 11.6 Å². The predicted octanol–water partition coefficient (Wildman–Crippen LogP) is 2.17. The highest BCUT2D eigenvalue weighted by atomic mass is 35.5. The normalized spacial score (nSPS) is 10.3. The molecule has 0 amide bonds. The Morgan fingerprint density at radius 2 is 2.15 bits per heavy atom. The molecule has 0 aliphatic carbocycles. The first-order valence-corrected chi connectivity index (χ1v) is 6.51. The standard InChI is InChI=1S/C14H14ClN3O2/c1-20-14(19)12-13(16)17-8-11(18-12)6-9-3-2-4-10(5-9)7-15/h2-5,8H,6-7H2,1H3,(H2,16,17). The lowest BCUT2D eigenvalue weighted by molar-refractivity contribution is 0.0594. The highest BCUT2D eigenvalue weighted by Gasteiger charge is 2.14. The Morgan fingerprint density at radius 3 is 2.85 bits per heavy atom. The summed E-state index contributed by atoms with van der Waals surface area (Å²) in [5, 5.41) is 0. The molecule has 2 aromatic rings. The summed E-state index contributed by atoms with van der Waals surface area (Å²) in [6, 6.07) is 7.83. The van der Waals surface area contributed by atoms with Gasteiger partial charge in [-0.25, -0.2) is 14.8 Å². The molecule has 0 radical (unpaired) electrons. The lowest BCUT2D eigenvalue weighted by atomic mass is 10.1. The van der Waals surface area contributed by atoms with Gasteiger partial charge in [0.1, 0.15) is 0 Å². The number of nitrogens with zero attached hydrogens (tertiary/aromatic N) is 2. The van der Waals surface area contributed by atoms with Crippen molar-refractivity contribution in [3.05, 3.63) is 53.0 Å². The minimum atomic E-state index is -0.591. The maximum absolute atomic E-state index is 11.5. The average Bonchev–Trinajstić information content (AvgIpc) is 2.48. The maximum atomic E-state index is 11.5. The van der Waals surface area contributed by atoms with E-state index in [0.29, 0.717) is 18.0 Å². The molecule has 0 aliphatic rings. The van der Waals surface area contributed by atoms with Gasteiger partial charge in [-0.05, 0) is 11.1 Å². The number of nitrogens with two attached hydrogens (primary N) is 1. The van der Waals surface area contributed by atoms with Crippen molar-refractivity contribution in [1.29, 1.82) is 0 Å². The summed E-state index contributed by atoms with van der Waals surface area (Å²) in [7, 11) is 1.28. The predicted molar refractivity (Wildman–Crippen MR) is 76.6 cm³/mol. The summed E-state index contributed by atoms with van der Waals surface area (Å²) in [6.07, 6.45) is 2.09. The minimum Gasteiger partial charge on any atom is -0.464 e. The molecule has 5 nitrogen and oxygen atoms in total. The van der Waals surface area contributed by atoms with E-state index < -0.39 is 5.97 Å². The molecule has 104 valence electrons. The number of carbonyl (C=O) groups is 1. The van der Waals surface area contributed by atoms with E-state index >= 15 is 0 Å². The number of alkyl halides is 1. The first kappa shape index (κ1) is 14.3. The first-order valence-electron chi connectivity index (χ1n) is 5.97. The molecule has 0 atom stereocenters. The van der Waals surface area contributed by atoms with Gasteiger partial charge in [-0.3, -0.25) is 0 Å². The topological polar surface area (TPSA) is 78.1 Å². The van der Waals surface area contributed by atoms with Crippen LogP contribution in [0.4, 0.5) is 5.82 Å². The molecule has 2 rings (SSSR count). The lowest BCUT2D eigenvalue weighted by Gasteiger charge is -2.06. The number of methoxy groups -OCH3 is 1. The zero-order chi connectivity index (χ0) is 14.5. The van der Waals surface area contributed by atoms with Gasteiger partial charge in [0.25, 0.3) is 0 Å². The van der Waals surface area contributed by atoms with E-state index in [1.54, 1.807) is 6.20 Å². The van der Waals surface area contributed by atoms with Crippen LogP contribution in [0.5, 0.6) is 0 Å². The van der Waals surface area contributed by atoms with Crippen molar-refractivity contribution in [3.8, 4) is 0 Å². The van der Waals surface area contributed by atoms with E-state index in [0.717, 1.165) is 11.1 Å². The lowest BCUT2D eigenvalue weighted by Crippen LogP contribution is -2.12. The Balaban J connectivity index is 2.27. The third-order valence-electron chi connectivity index (χ3n) is 2.76. The van der Waals surface area contributed by atoms with Crippen LogP contribution < -0.4 is 5.73 Å². The molecule has 1 heterocycles. The van der Waals surface area contributed by atoms with Gasteiger partial charge in [0, 0.05) is 12.3 Å². The van der Waals surface area contributed by atoms with Crippen molar-refractivity contribution in [3.63, 3.8) is 0 Å². The number of nitrogen functional groups attached to an aromatic ring is 1. The van der Waals surface area contributed by atoms with Crippen LogP contribution in [0.15, 0.2) is 30.5 Å². The third-order valence-corrected chi connectivity index (χ3v) is 3.07. The van der Waals surface area contributed by atoms with Crippen LogP contribution in [0.3, 0.4) is 0 Å². The van der Waals surface area contributed by atoms with Gasteiger partial charge < -0.3 is 10.5 Å². The quantitative estimate of drug-likeness (QED) is 0.690. The largest absolute Gasteiger partial charge is 0.464 e. The number of carbonyl (C=O) groups excluding carboxylic acids is 1.